The molecule has 0 atom stereocenters. The quantitative estimate of drug-likeness (QED) is 0.527. The van der Waals surface area contributed by atoms with Crippen LogP contribution in [0, 0.1) is 3.70 Å². The number of piperidine rings is 1. The average molecular weight is 402 g/mol. The Bertz CT molecular complexity index is 517. The molecule has 0 saturated carbocycles. The van der Waals surface area contributed by atoms with Crippen molar-refractivity contribution >= 4 is 28.7 Å². The molecule has 1 aromatic rings. The summed E-state index contributed by atoms with van der Waals surface area (Å²) in [6, 6.07) is 4.23. The zero-order chi connectivity index (χ0) is 15.7. The molecule has 2 rings (SSSR count). The summed E-state index contributed by atoms with van der Waals surface area (Å²) in [5, 5.41) is 0. The van der Waals surface area contributed by atoms with E-state index in [4.69, 9.17) is 4.74 Å². The third-order valence-corrected chi connectivity index (χ3v) is 4.53. The molecule has 1 aliphatic heterocycles. The van der Waals surface area contributed by atoms with Gasteiger partial charge in [-0.05, 0) is 79.3 Å². The summed E-state index contributed by atoms with van der Waals surface area (Å²) < 4.78 is 6.46. The number of pyridine rings is 1. The average Bonchev–Trinajstić information content (AvgIpc) is 2.37. The Morgan fingerprint density at radius 3 is 2.52 bits per heavy atom. The summed E-state index contributed by atoms with van der Waals surface area (Å²) >= 11 is 2.24. The first-order chi connectivity index (χ1) is 9.70. The molecule has 1 saturated heterocycles. The van der Waals surface area contributed by atoms with E-state index in [0.29, 0.717) is 0 Å². The van der Waals surface area contributed by atoms with E-state index in [2.05, 4.69) is 46.6 Å². The predicted octanol–water partition coefficient (Wildman–Crippen LogP) is 3.97. The molecule has 0 aromatic carbocycles. The summed E-state index contributed by atoms with van der Waals surface area (Å²) in [6.45, 7) is 9.45. The van der Waals surface area contributed by atoms with E-state index in [9.17, 15) is 4.79 Å². The van der Waals surface area contributed by atoms with Crippen molar-refractivity contribution in [2.75, 3.05) is 13.1 Å². The van der Waals surface area contributed by atoms with Crippen LogP contribution in [0.4, 0.5) is 4.79 Å². The highest BCUT2D eigenvalue weighted by Gasteiger charge is 2.34. The molecule has 0 bridgehead atoms. The predicted molar refractivity (Wildman–Crippen MR) is 91.3 cm³/mol. The molecular formula is C16H23IN2O2. The number of amides is 1. The highest BCUT2D eigenvalue weighted by atomic mass is 127. The van der Waals surface area contributed by atoms with Crippen LogP contribution in [-0.2, 0) is 10.2 Å². The Kier molecular flexibility index (Phi) is 4.80. The van der Waals surface area contributed by atoms with Crippen LogP contribution in [0.2, 0.25) is 0 Å². The van der Waals surface area contributed by atoms with Crippen molar-refractivity contribution in [3.63, 3.8) is 0 Å². The highest BCUT2D eigenvalue weighted by molar-refractivity contribution is 14.1. The molecular weight excluding hydrogens is 379 g/mol. The lowest BCUT2D eigenvalue weighted by Crippen LogP contribution is -2.45. The lowest BCUT2D eigenvalue weighted by Gasteiger charge is -2.40. The van der Waals surface area contributed by atoms with Crippen molar-refractivity contribution in [2.45, 2.75) is 51.6 Å². The van der Waals surface area contributed by atoms with Crippen LogP contribution in [0.15, 0.2) is 18.3 Å². The normalized spacial score (nSPS) is 18.4. The van der Waals surface area contributed by atoms with Crippen molar-refractivity contribution in [3.8, 4) is 0 Å². The Morgan fingerprint density at radius 1 is 1.38 bits per heavy atom. The van der Waals surface area contributed by atoms with Gasteiger partial charge in [0.05, 0.1) is 0 Å². The zero-order valence-corrected chi connectivity index (χ0v) is 15.3. The number of halogens is 1. The molecule has 0 spiro atoms. The molecule has 1 aromatic heterocycles. The second-order valence-corrected chi connectivity index (χ2v) is 8.00. The number of carbonyl (C=O) groups is 1. The Morgan fingerprint density at radius 2 is 2.00 bits per heavy atom. The molecule has 21 heavy (non-hydrogen) atoms. The minimum Gasteiger partial charge on any atom is -0.444 e. The highest BCUT2D eigenvalue weighted by Crippen LogP contribution is 2.35. The fourth-order valence-corrected chi connectivity index (χ4v) is 3.07. The Hall–Kier alpha value is -0.850. The number of carbonyl (C=O) groups excluding carboxylic acids is 1. The maximum Gasteiger partial charge on any atom is 0.410 e. The number of hydrogen-bond acceptors (Lipinski definition) is 3. The first-order valence-electron chi connectivity index (χ1n) is 7.30. The summed E-state index contributed by atoms with van der Waals surface area (Å²) in [5.74, 6) is 0. The number of hydrogen-bond donors (Lipinski definition) is 0. The van der Waals surface area contributed by atoms with Crippen molar-refractivity contribution in [2.24, 2.45) is 0 Å². The first-order valence-corrected chi connectivity index (χ1v) is 8.37. The first kappa shape index (κ1) is 16.5. The molecule has 0 unspecified atom stereocenters. The van der Waals surface area contributed by atoms with E-state index in [1.807, 2.05) is 31.9 Å². The van der Waals surface area contributed by atoms with Gasteiger partial charge < -0.3 is 9.64 Å². The third-order valence-electron chi connectivity index (χ3n) is 3.94. The number of aromatic nitrogens is 1. The van der Waals surface area contributed by atoms with E-state index >= 15 is 0 Å². The molecule has 0 aliphatic carbocycles. The van der Waals surface area contributed by atoms with Gasteiger partial charge in [0, 0.05) is 19.3 Å². The fourth-order valence-electron chi connectivity index (χ4n) is 2.58. The molecule has 0 N–H and O–H groups in total. The van der Waals surface area contributed by atoms with Crippen LogP contribution in [-0.4, -0.2) is 34.7 Å². The molecule has 5 heteroatoms. The molecule has 4 nitrogen and oxygen atoms in total. The minimum atomic E-state index is -0.432. The number of nitrogens with zero attached hydrogens (tertiary/aromatic N) is 2. The molecule has 2 heterocycles. The largest absolute Gasteiger partial charge is 0.444 e. The van der Waals surface area contributed by atoms with Crippen molar-refractivity contribution in [3.05, 3.63) is 27.6 Å². The summed E-state index contributed by atoms with van der Waals surface area (Å²) in [5.41, 5.74) is 0.992. The van der Waals surface area contributed by atoms with Crippen molar-refractivity contribution in [1.82, 2.24) is 9.88 Å². The topological polar surface area (TPSA) is 42.4 Å². The fraction of sp³-hybridized carbons (Fsp3) is 0.625. The monoisotopic (exact) mass is 402 g/mol. The van der Waals surface area contributed by atoms with E-state index in [1.54, 1.807) is 0 Å². The Labute approximate surface area is 140 Å². The molecule has 116 valence electrons. The van der Waals surface area contributed by atoms with Gasteiger partial charge in [-0.3, -0.25) is 4.98 Å². The van der Waals surface area contributed by atoms with E-state index < -0.39 is 5.60 Å². The molecule has 1 fully saturated rings. The van der Waals surface area contributed by atoms with Gasteiger partial charge in [0.1, 0.15) is 9.30 Å². The van der Waals surface area contributed by atoms with Gasteiger partial charge in [-0.2, -0.15) is 0 Å². The van der Waals surface area contributed by atoms with Gasteiger partial charge >= 0.3 is 6.09 Å². The maximum atomic E-state index is 12.1. The van der Waals surface area contributed by atoms with Crippen LogP contribution in [0.5, 0.6) is 0 Å². The maximum absolute atomic E-state index is 12.1. The van der Waals surface area contributed by atoms with Crippen LogP contribution in [0.1, 0.15) is 46.1 Å². The molecule has 0 radical (unpaired) electrons. The molecule has 1 aliphatic rings. The second kappa shape index (κ2) is 6.10. The standard InChI is InChI=1S/C16H23IN2O2/c1-15(2,3)21-14(20)19-9-6-16(4,7-10-19)12-5-8-18-13(17)11-12/h5,8,11H,6-7,9-10H2,1-4H3. The zero-order valence-electron chi connectivity index (χ0n) is 13.1. The van der Waals surface area contributed by atoms with Gasteiger partial charge in [0.25, 0.3) is 0 Å². The van der Waals surface area contributed by atoms with Gasteiger partial charge in [-0.15, -0.1) is 0 Å². The number of ether oxygens (including phenoxy) is 1. The SMILES string of the molecule is CC(C)(C)OC(=O)N1CCC(C)(c2ccnc(I)c2)CC1. The van der Waals surface area contributed by atoms with Crippen molar-refractivity contribution < 1.29 is 9.53 Å². The number of rotatable bonds is 1. The van der Waals surface area contributed by atoms with E-state index in [0.717, 1.165) is 29.6 Å². The summed E-state index contributed by atoms with van der Waals surface area (Å²) in [6.07, 6.45) is 3.57. The summed E-state index contributed by atoms with van der Waals surface area (Å²) in [7, 11) is 0. The van der Waals surface area contributed by atoms with Crippen LogP contribution < -0.4 is 0 Å². The third kappa shape index (κ3) is 4.31. The van der Waals surface area contributed by atoms with Gasteiger partial charge in [0.15, 0.2) is 0 Å². The van der Waals surface area contributed by atoms with Crippen LogP contribution in [0.3, 0.4) is 0 Å². The van der Waals surface area contributed by atoms with E-state index in [1.165, 1.54) is 5.56 Å². The van der Waals surface area contributed by atoms with E-state index in [-0.39, 0.29) is 11.5 Å². The summed E-state index contributed by atoms with van der Waals surface area (Å²) in [4.78, 5) is 18.2. The lowest BCUT2D eigenvalue weighted by atomic mass is 9.75. The van der Waals surface area contributed by atoms with Crippen molar-refractivity contribution in [1.29, 1.82) is 0 Å². The Balaban J connectivity index is 2.01. The lowest BCUT2D eigenvalue weighted by molar-refractivity contribution is 0.0172. The van der Waals surface area contributed by atoms with Gasteiger partial charge in [0.2, 0.25) is 0 Å². The van der Waals surface area contributed by atoms with Gasteiger partial charge in [-0.1, -0.05) is 6.92 Å². The smallest absolute Gasteiger partial charge is 0.410 e. The minimum absolute atomic E-state index is 0.112. The molecule has 1 amide bonds. The van der Waals surface area contributed by atoms with Gasteiger partial charge in [-0.25, -0.2) is 4.79 Å². The number of likely N-dealkylation sites (tertiary alicyclic amines) is 1. The van der Waals surface area contributed by atoms with Crippen LogP contribution >= 0.6 is 22.6 Å². The second-order valence-electron chi connectivity index (χ2n) is 6.90. The van der Waals surface area contributed by atoms with Crippen LogP contribution in [0.25, 0.3) is 0 Å².